The quantitative estimate of drug-likeness (QED) is 0.0219. The zero-order chi connectivity index (χ0) is 37.7. The minimum atomic E-state index is -4.28. The van der Waals surface area contributed by atoms with Crippen LogP contribution in [-0.2, 0) is 27.9 Å². The second kappa shape index (κ2) is 36.1. The molecule has 0 aliphatic heterocycles. The highest BCUT2D eigenvalue weighted by molar-refractivity contribution is 7.47. The maximum Gasteiger partial charge on any atom is 0.472 e. The van der Waals surface area contributed by atoms with E-state index < -0.39 is 13.9 Å². The van der Waals surface area contributed by atoms with Gasteiger partial charge in [0.2, 0.25) is 0 Å². The Kier molecular flexibility index (Phi) is 35.4. The van der Waals surface area contributed by atoms with Crippen molar-refractivity contribution in [2.24, 2.45) is 0 Å². The Bertz CT molecular complexity index is 833. The predicted molar refractivity (Wildman–Crippen MR) is 215 cm³/mol. The van der Waals surface area contributed by atoms with Crippen molar-refractivity contribution < 1.29 is 37.3 Å². The average Bonchev–Trinajstić information content (AvgIpc) is 3.08. The lowest BCUT2D eigenvalue weighted by Crippen LogP contribution is -2.37. The second-order valence-electron chi connectivity index (χ2n) is 15.8. The van der Waals surface area contributed by atoms with Gasteiger partial charge in [-0.05, 0) is 25.3 Å². The van der Waals surface area contributed by atoms with E-state index in [0.717, 1.165) is 32.1 Å². The molecule has 0 aliphatic carbocycles. The van der Waals surface area contributed by atoms with Gasteiger partial charge >= 0.3 is 13.8 Å². The van der Waals surface area contributed by atoms with Gasteiger partial charge in [0, 0.05) is 6.42 Å². The maximum absolute atomic E-state index is 12.6. The normalized spacial score (nSPS) is 13.8. The first kappa shape index (κ1) is 50.1. The fraction of sp³-hybridized carbons (Fsp3) is 0.929. The third-order valence-electron chi connectivity index (χ3n) is 9.42. The Balaban J connectivity index is 4.27. The van der Waals surface area contributed by atoms with Crippen LogP contribution in [0.3, 0.4) is 0 Å². The number of hydrogen-bond donors (Lipinski definition) is 1. The minimum absolute atomic E-state index is 0.0540. The summed E-state index contributed by atoms with van der Waals surface area (Å²) in [4.78, 5) is 22.8. The van der Waals surface area contributed by atoms with Gasteiger partial charge in [0.25, 0.3) is 0 Å². The molecule has 0 amide bonds. The molecule has 51 heavy (non-hydrogen) atoms. The number of nitrogens with zero attached hydrogens (tertiary/aromatic N) is 1. The number of quaternary nitrogens is 1. The van der Waals surface area contributed by atoms with Crippen LogP contribution < -0.4 is 0 Å². The Morgan fingerprint density at radius 3 is 1.45 bits per heavy atom. The topological polar surface area (TPSA) is 91.3 Å². The third kappa shape index (κ3) is 40.1. The molecule has 0 aromatic heterocycles. The smallest absolute Gasteiger partial charge is 0.472 e. The van der Waals surface area contributed by atoms with Crippen LogP contribution in [0.5, 0.6) is 0 Å². The van der Waals surface area contributed by atoms with Crippen LogP contribution in [-0.4, -0.2) is 69.0 Å². The summed E-state index contributed by atoms with van der Waals surface area (Å²) in [7, 11) is 1.65. The summed E-state index contributed by atoms with van der Waals surface area (Å²) in [5, 5.41) is 0. The van der Waals surface area contributed by atoms with E-state index in [-0.39, 0.29) is 25.8 Å². The predicted octanol–water partition coefficient (Wildman–Crippen LogP) is 12.6. The number of allylic oxidation sites excluding steroid dienone is 1. The zero-order valence-electron chi connectivity index (χ0n) is 34.4. The van der Waals surface area contributed by atoms with Gasteiger partial charge in [0.05, 0.1) is 34.0 Å². The molecule has 0 radical (unpaired) electrons. The Morgan fingerprint density at radius 1 is 0.608 bits per heavy atom. The Labute approximate surface area is 316 Å². The highest BCUT2D eigenvalue weighted by atomic mass is 31.2. The van der Waals surface area contributed by atoms with Crippen LogP contribution in [0.2, 0.25) is 0 Å². The average molecular weight is 747 g/mol. The van der Waals surface area contributed by atoms with E-state index in [1.165, 1.54) is 148 Å². The highest BCUT2D eigenvalue weighted by Gasteiger charge is 2.26. The van der Waals surface area contributed by atoms with Gasteiger partial charge < -0.3 is 18.9 Å². The molecule has 304 valence electrons. The van der Waals surface area contributed by atoms with Crippen LogP contribution in [0.15, 0.2) is 12.3 Å². The number of likely N-dealkylation sites (N-methyl/N-ethyl adjacent to an activating group) is 1. The van der Waals surface area contributed by atoms with Crippen molar-refractivity contribution in [3.8, 4) is 0 Å². The molecule has 0 saturated heterocycles. The number of phosphoric acid groups is 1. The van der Waals surface area contributed by atoms with Gasteiger partial charge in [0.1, 0.15) is 19.8 Å². The first-order chi connectivity index (χ1) is 24.6. The molecule has 0 heterocycles. The molecule has 1 N–H and O–H groups in total. The number of phosphoric ester groups is 1. The molecule has 0 saturated carbocycles. The van der Waals surface area contributed by atoms with Gasteiger partial charge in [-0.1, -0.05) is 174 Å². The molecule has 0 fully saturated rings. The van der Waals surface area contributed by atoms with Crippen molar-refractivity contribution in [2.45, 2.75) is 206 Å². The summed E-state index contributed by atoms with van der Waals surface area (Å²) in [5.74, 6) is -0.333. The van der Waals surface area contributed by atoms with E-state index in [9.17, 15) is 14.3 Å². The van der Waals surface area contributed by atoms with Crippen molar-refractivity contribution in [1.82, 2.24) is 0 Å². The van der Waals surface area contributed by atoms with Crippen molar-refractivity contribution >= 4 is 13.8 Å². The SMILES string of the molecule is CCCCCCCCCCCCCCCCC=COC[C@@H](COP(=O)(O)OCC[N+](C)(C)C)OC(=O)CCCCCCCCCCCCCCC. The van der Waals surface area contributed by atoms with Crippen LogP contribution in [0.25, 0.3) is 0 Å². The lowest BCUT2D eigenvalue weighted by atomic mass is 10.0. The summed E-state index contributed by atoms with van der Waals surface area (Å²) in [6, 6.07) is 0. The zero-order valence-corrected chi connectivity index (χ0v) is 35.3. The molecule has 0 aliphatic rings. The molecule has 2 atom stereocenters. The van der Waals surface area contributed by atoms with E-state index in [1.54, 1.807) is 6.26 Å². The minimum Gasteiger partial charge on any atom is -0.498 e. The van der Waals surface area contributed by atoms with Gasteiger partial charge in [-0.2, -0.15) is 0 Å². The van der Waals surface area contributed by atoms with Gasteiger partial charge in [-0.3, -0.25) is 13.8 Å². The Morgan fingerprint density at radius 2 is 1.02 bits per heavy atom. The van der Waals surface area contributed by atoms with E-state index >= 15 is 0 Å². The second-order valence-corrected chi connectivity index (χ2v) is 17.3. The summed E-state index contributed by atoms with van der Waals surface area (Å²) in [5.41, 5.74) is 0. The third-order valence-corrected chi connectivity index (χ3v) is 10.4. The van der Waals surface area contributed by atoms with Gasteiger partial charge in [-0.25, -0.2) is 4.57 Å². The number of esters is 1. The number of hydrogen-bond acceptors (Lipinski definition) is 6. The van der Waals surface area contributed by atoms with E-state index in [2.05, 4.69) is 13.8 Å². The van der Waals surface area contributed by atoms with Crippen LogP contribution >= 0.6 is 7.82 Å². The molecule has 9 heteroatoms. The number of carbonyl (C=O) groups is 1. The van der Waals surface area contributed by atoms with Gasteiger partial charge in [-0.15, -0.1) is 0 Å². The first-order valence-electron chi connectivity index (χ1n) is 21.5. The summed E-state index contributed by atoms with van der Waals surface area (Å²) in [6.07, 6.45) is 39.0. The number of unbranched alkanes of at least 4 members (excludes halogenated alkanes) is 26. The summed E-state index contributed by atoms with van der Waals surface area (Å²) >= 11 is 0. The number of carbonyl (C=O) groups excluding carboxylic acids is 1. The highest BCUT2D eigenvalue weighted by Crippen LogP contribution is 2.43. The Hall–Kier alpha value is -0.920. The van der Waals surface area contributed by atoms with Crippen molar-refractivity contribution in [3.05, 3.63) is 12.3 Å². The molecule has 8 nitrogen and oxygen atoms in total. The molecular formula is C42H85NO7P+. The molecule has 0 bridgehead atoms. The number of rotatable bonds is 40. The van der Waals surface area contributed by atoms with E-state index in [0.29, 0.717) is 17.4 Å². The molecule has 0 spiro atoms. The van der Waals surface area contributed by atoms with E-state index in [1.807, 2.05) is 27.2 Å². The fourth-order valence-electron chi connectivity index (χ4n) is 6.05. The number of ether oxygens (including phenoxy) is 2. The lowest BCUT2D eigenvalue weighted by Gasteiger charge is -2.24. The molecule has 1 unspecified atom stereocenters. The van der Waals surface area contributed by atoms with Crippen molar-refractivity contribution in [2.75, 3.05) is 47.5 Å². The first-order valence-corrected chi connectivity index (χ1v) is 23.0. The summed E-state index contributed by atoms with van der Waals surface area (Å²) in [6.45, 7) is 4.95. The fourth-order valence-corrected chi connectivity index (χ4v) is 6.79. The molecule has 0 aromatic carbocycles. The monoisotopic (exact) mass is 747 g/mol. The largest absolute Gasteiger partial charge is 0.498 e. The molecule has 0 rings (SSSR count). The van der Waals surface area contributed by atoms with Crippen molar-refractivity contribution in [1.29, 1.82) is 0 Å². The van der Waals surface area contributed by atoms with Crippen LogP contribution in [0.1, 0.15) is 200 Å². The van der Waals surface area contributed by atoms with Crippen molar-refractivity contribution in [3.63, 3.8) is 0 Å². The molecule has 0 aromatic rings. The van der Waals surface area contributed by atoms with E-state index in [4.69, 9.17) is 18.5 Å². The maximum atomic E-state index is 12.6. The van der Waals surface area contributed by atoms with Gasteiger partial charge in [0.15, 0.2) is 6.10 Å². The molecular weight excluding hydrogens is 661 g/mol. The standard InChI is InChI=1S/C42H84NO7P/c1-6-8-10-12-14-16-18-20-21-22-24-26-28-30-32-34-37-47-39-41(40-49-51(45,46)48-38-36-43(3,4)5)50-42(44)35-33-31-29-27-25-23-19-17-15-13-11-9-7-2/h34,37,41H,6-33,35-36,38-40H2,1-5H3/p+1/t41-/m0/s1. The lowest BCUT2D eigenvalue weighted by molar-refractivity contribution is -0.870. The van der Waals surface area contributed by atoms with Crippen LogP contribution in [0, 0.1) is 0 Å². The van der Waals surface area contributed by atoms with Crippen LogP contribution in [0.4, 0.5) is 0 Å². The summed E-state index contributed by atoms with van der Waals surface area (Å²) < 4.78 is 34.7.